The Morgan fingerprint density at radius 3 is 1.79 bits per heavy atom. The van der Waals surface area contributed by atoms with Gasteiger partial charge in [0.25, 0.3) is 0 Å². The number of esters is 1. The number of hydrogen-bond acceptors (Lipinski definition) is 3. The van der Waals surface area contributed by atoms with Crippen LogP contribution in [0.3, 0.4) is 0 Å². The number of aliphatic imine (C=N–C) groups is 1. The van der Waals surface area contributed by atoms with Gasteiger partial charge in [-0.2, -0.15) is 0 Å². The minimum absolute atomic E-state index is 0.0992. The van der Waals surface area contributed by atoms with Gasteiger partial charge in [-0.25, -0.2) is 0 Å². The zero-order valence-corrected chi connectivity index (χ0v) is 14.6. The second-order valence-corrected chi connectivity index (χ2v) is 5.72. The van der Waals surface area contributed by atoms with Gasteiger partial charge in [-0.1, -0.05) is 74.5 Å². The highest BCUT2D eigenvalue weighted by Crippen LogP contribution is 2.21. The van der Waals surface area contributed by atoms with Gasteiger partial charge in [0.2, 0.25) is 0 Å². The largest absolute Gasteiger partial charge is 0.469 e. The highest BCUT2D eigenvalue weighted by atomic mass is 16.5. The molecule has 0 aliphatic carbocycles. The van der Waals surface area contributed by atoms with Crippen molar-refractivity contribution in [2.24, 2.45) is 10.9 Å². The van der Waals surface area contributed by atoms with Crippen LogP contribution in [0.15, 0.2) is 65.7 Å². The van der Waals surface area contributed by atoms with Crippen molar-refractivity contribution in [2.45, 2.75) is 32.7 Å². The van der Waals surface area contributed by atoms with Crippen LogP contribution in [0.25, 0.3) is 0 Å². The molecule has 0 aliphatic heterocycles. The Morgan fingerprint density at radius 1 is 0.917 bits per heavy atom. The number of methoxy groups -OCH3 is 1. The first-order valence-corrected chi connectivity index (χ1v) is 8.47. The summed E-state index contributed by atoms with van der Waals surface area (Å²) in [5.41, 5.74) is 3.04. The number of carbonyl (C=O) groups excluding carboxylic acids is 1. The molecule has 2 unspecified atom stereocenters. The van der Waals surface area contributed by atoms with Crippen molar-refractivity contribution in [3.63, 3.8) is 0 Å². The average molecular weight is 323 g/mol. The number of hydrogen-bond donors (Lipinski definition) is 0. The van der Waals surface area contributed by atoms with Crippen molar-refractivity contribution < 1.29 is 9.53 Å². The molecule has 0 N–H and O–H groups in total. The smallest absolute Gasteiger partial charge is 0.310 e. The lowest BCUT2D eigenvalue weighted by molar-refractivity contribution is -0.146. The van der Waals surface area contributed by atoms with Crippen LogP contribution in [0, 0.1) is 5.92 Å². The molecule has 3 nitrogen and oxygen atoms in total. The van der Waals surface area contributed by atoms with Crippen molar-refractivity contribution in [1.82, 2.24) is 0 Å². The standard InChI is InChI=1S/C21H25NO2/c1-4-18(21(23)24-3)19(5-2)22-20(16-12-8-6-9-13-16)17-14-10-7-11-15-17/h6-15,18-19H,4-5H2,1-3H3. The first-order chi connectivity index (χ1) is 11.7. The zero-order valence-electron chi connectivity index (χ0n) is 14.6. The molecular weight excluding hydrogens is 298 g/mol. The molecular formula is C21H25NO2. The molecule has 0 bridgehead atoms. The number of rotatable bonds is 7. The molecule has 2 aromatic carbocycles. The van der Waals surface area contributed by atoms with Crippen LogP contribution in [0.1, 0.15) is 37.8 Å². The quantitative estimate of drug-likeness (QED) is 0.556. The highest BCUT2D eigenvalue weighted by molar-refractivity contribution is 6.13. The molecule has 0 saturated carbocycles. The van der Waals surface area contributed by atoms with E-state index in [1.807, 2.05) is 43.3 Å². The molecule has 126 valence electrons. The molecule has 0 aromatic heterocycles. The molecule has 0 heterocycles. The summed E-state index contributed by atoms with van der Waals surface area (Å²) in [4.78, 5) is 17.1. The maximum Gasteiger partial charge on any atom is 0.310 e. The van der Waals surface area contributed by atoms with E-state index < -0.39 is 0 Å². The summed E-state index contributed by atoms with van der Waals surface area (Å²) in [5.74, 6) is -0.406. The lowest BCUT2D eigenvalue weighted by Crippen LogP contribution is -2.28. The van der Waals surface area contributed by atoms with Gasteiger partial charge < -0.3 is 4.74 Å². The minimum atomic E-state index is -0.220. The number of nitrogens with zero attached hydrogens (tertiary/aromatic N) is 1. The molecule has 0 radical (unpaired) electrons. The monoisotopic (exact) mass is 323 g/mol. The third-order valence-electron chi connectivity index (χ3n) is 4.22. The Kier molecular flexibility index (Phi) is 6.74. The molecule has 0 fully saturated rings. The van der Waals surface area contributed by atoms with Crippen LogP contribution in [0.2, 0.25) is 0 Å². The molecule has 0 aliphatic rings. The normalized spacial score (nSPS) is 13.0. The Labute approximate surface area is 144 Å². The van der Waals surface area contributed by atoms with Gasteiger partial charge in [-0.05, 0) is 12.8 Å². The lowest BCUT2D eigenvalue weighted by Gasteiger charge is -2.21. The molecule has 0 amide bonds. The third kappa shape index (κ3) is 4.31. The maximum absolute atomic E-state index is 12.1. The fraction of sp³-hybridized carbons (Fsp3) is 0.333. The van der Waals surface area contributed by atoms with Gasteiger partial charge in [0.05, 0.1) is 24.8 Å². The molecule has 2 aromatic rings. The van der Waals surface area contributed by atoms with Crippen molar-refractivity contribution in [3.8, 4) is 0 Å². The van der Waals surface area contributed by atoms with E-state index in [4.69, 9.17) is 9.73 Å². The molecule has 0 spiro atoms. The number of ether oxygens (including phenoxy) is 1. The van der Waals surface area contributed by atoms with Crippen molar-refractivity contribution in [2.75, 3.05) is 7.11 Å². The average Bonchev–Trinajstić information content (AvgIpc) is 2.66. The van der Waals surface area contributed by atoms with E-state index in [2.05, 4.69) is 31.2 Å². The predicted molar refractivity (Wildman–Crippen MR) is 98.4 cm³/mol. The van der Waals surface area contributed by atoms with Crippen LogP contribution in [0.4, 0.5) is 0 Å². The Hall–Kier alpha value is -2.42. The van der Waals surface area contributed by atoms with Crippen LogP contribution in [-0.2, 0) is 9.53 Å². The summed E-state index contributed by atoms with van der Waals surface area (Å²) >= 11 is 0. The fourth-order valence-electron chi connectivity index (χ4n) is 2.89. The summed E-state index contributed by atoms with van der Waals surface area (Å²) in [6.45, 7) is 4.07. The van der Waals surface area contributed by atoms with Crippen molar-refractivity contribution in [1.29, 1.82) is 0 Å². The van der Waals surface area contributed by atoms with E-state index in [0.717, 1.165) is 23.3 Å². The summed E-state index contributed by atoms with van der Waals surface area (Å²) in [7, 11) is 1.44. The maximum atomic E-state index is 12.1. The zero-order chi connectivity index (χ0) is 17.4. The van der Waals surface area contributed by atoms with Crippen LogP contribution < -0.4 is 0 Å². The van der Waals surface area contributed by atoms with Crippen molar-refractivity contribution >= 4 is 11.7 Å². The molecule has 0 saturated heterocycles. The fourth-order valence-corrected chi connectivity index (χ4v) is 2.89. The minimum Gasteiger partial charge on any atom is -0.469 e. The van der Waals surface area contributed by atoms with Crippen LogP contribution >= 0.6 is 0 Å². The first kappa shape index (κ1) is 17.9. The number of benzene rings is 2. The van der Waals surface area contributed by atoms with E-state index in [-0.39, 0.29) is 17.9 Å². The molecule has 2 atom stereocenters. The molecule has 24 heavy (non-hydrogen) atoms. The second-order valence-electron chi connectivity index (χ2n) is 5.72. The first-order valence-electron chi connectivity index (χ1n) is 8.47. The number of carbonyl (C=O) groups is 1. The highest BCUT2D eigenvalue weighted by Gasteiger charge is 2.26. The van der Waals surface area contributed by atoms with E-state index in [9.17, 15) is 4.79 Å². The summed E-state index contributed by atoms with van der Waals surface area (Å²) in [6.07, 6.45) is 1.50. The van der Waals surface area contributed by atoms with Gasteiger partial charge in [-0.15, -0.1) is 0 Å². The van der Waals surface area contributed by atoms with Gasteiger partial charge in [0, 0.05) is 11.1 Å². The Morgan fingerprint density at radius 2 is 1.42 bits per heavy atom. The van der Waals surface area contributed by atoms with Gasteiger partial charge in [-0.3, -0.25) is 9.79 Å². The Bertz CT molecular complexity index is 623. The van der Waals surface area contributed by atoms with Crippen molar-refractivity contribution in [3.05, 3.63) is 71.8 Å². The van der Waals surface area contributed by atoms with E-state index in [0.29, 0.717) is 6.42 Å². The van der Waals surface area contributed by atoms with Gasteiger partial charge in [0.15, 0.2) is 0 Å². The van der Waals surface area contributed by atoms with Gasteiger partial charge in [0.1, 0.15) is 0 Å². The van der Waals surface area contributed by atoms with Crippen LogP contribution in [-0.4, -0.2) is 24.8 Å². The van der Waals surface area contributed by atoms with E-state index in [1.165, 1.54) is 7.11 Å². The summed E-state index contributed by atoms with van der Waals surface area (Å²) in [5, 5.41) is 0. The van der Waals surface area contributed by atoms with Crippen LogP contribution in [0.5, 0.6) is 0 Å². The molecule has 3 heteroatoms. The topological polar surface area (TPSA) is 38.7 Å². The lowest BCUT2D eigenvalue weighted by atomic mass is 9.94. The second kappa shape index (κ2) is 9.02. The molecule has 2 rings (SSSR count). The van der Waals surface area contributed by atoms with Gasteiger partial charge >= 0.3 is 5.97 Å². The van der Waals surface area contributed by atoms with E-state index >= 15 is 0 Å². The Balaban J connectivity index is 2.49. The SMILES string of the molecule is CCC(N=C(c1ccccc1)c1ccccc1)C(CC)C(=O)OC. The predicted octanol–water partition coefficient (Wildman–Crippen LogP) is 4.50. The third-order valence-corrected chi connectivity index (χ3v) is 4.22. The van der Waals surface area contributed by atoms with E-state index in [1.54, 1.807) is 0 Å². The summed E-state index contributed by atoms with van der Waals surface area (Å²) < 4.78 is 4.97. The summed E-state index contributed by atoms with van der Waals surface area (Å²) in [6, 6.07) is 20.1.